The number of hydrogen-bond acceptors (Lipinski definition) is 7. The molecule has 142 valence electrons. The maximum atomic E-state index is 12.6. The second kappa shape index (κ2) is 7.19. The Balaban J connectivity index is 1.30. The van der Waals surface area contributed by atoms with Crippen LogP contribution in [0.1, 0.15) is 34.6 Å². The van der Waals surface area contributed by atoms with Gasteiger partial charge in [0.25, 0.3) is 5.91 Å². The topological polar surface area (TPSA) is 93.1 Å². The number of carbonyl (C=O) groups is 1. The molecule has 0 unspecified atom stereocenters. The smallest absolute Gasteiger partial charge is 0.274 e. The molecule has 4 rings (SSSR count). The summed E-state index contributed by atoms with van der Waals surface area (Å²) >= 11 is 0. The van der Waals surface area contributed by atoms with E-state index >= 15 is 0 Å². The standard InChI is InChI=1S/C19H24N6O2/c1-13-7-23-18(24-8-13)20-5-3-15-4-6-27-19(15)11-25(12-19)17(26)16-10-21-14(2)9-22-16/h7-10,15H,3-6,11-12H2,1-2H3,(H,20,23,24)/t15-/m1/s1. The van der Waals surface area contributed by atoms with E-state index in [0.29, 0.717) is 30.6 Å². The average molecular weight is 368 g/mol. The van der Waals surface area contributed by atoms with Crippen molar-refractivity contribution < 1.29 is 9.53 Å². The summed E-state index contributed by atoms with van der Waals surface area (Å²) in [5.41, 5.74) is 2.02. The minimum Gasteiger partial charge on any atom is -0.371 e. The maximum absolute atomic E-state index is 12.6. The summed E-state index contributed by atoms with van der Waals surface area (Å²) in [4.78, 5) is 31.2. The van der Waals surface area contributed by atoms with Crippen molar-refractivity contribution in [2.24, 2.45) is 5.92 Å². The second-order valence-electron chi connectivity index (χ2n) is 7.40. The molecule has 4 heterocycles. The summed E-state index contributed by atoms with van der Waals surface area (Å²) < 4.78 is 6.05. The molecule has 2 saturated heterocycles. The van der Waals surface area contributed by atoms with Crippen molar-refractivity contribution >= 4 is 11.9 Å². The van der Waals surface area contributed by atoms with E-state index in [9.17, 15) is 4.79 Å². The molecule has 0 aromatic carbocycles. The maximum Gasteiger partial charge on any atom is 0.274 e. The van der Waals surface area contributed by atoms with Crippen molar-refractivity contribution in [2.75, 3.05) is 31.6 Å². The van der Waals surface area contributed by atoms with Crippen LogP contribution in [0.5, 0.6) is 0 Å². The number of aromatic nitrogens is 4. The van der Waals surface area contributed by atoms with Crippen LogP contribution in [-0.2, 0) is 4.74 Å². The molecule has 8 nitrogen and oxygen atoms in total. The Morgan fingerprint density at radius 1 is 1.19 bits per heavy atom. The molecule has 1 atom stereocenters. The van der Waals surface area contributed by atoms with Crippen LogP contribution in [-0.4, -0.2) is 62.6 Å². The van der Waals surface area contributed by atoms with Gasteiger partial charge in [0.1, 0.15) is 11.3 Å². The van der Waals surface area contributed by atoms with Crippen LogP contribution in [0.15, 0.2) is 24.8 Å². The van der Waals surface area contributed by atoms with Gasteiger partial charge in [0.2, 0.25) is 5.95 Å². The molecule has 1 spiro atoms. The number of amides is 1. The molecule has 2 aromatic heterocycles. The third-order valence-corrected chi connectivity index (χ3v) is 5.36. The average Bonchev–Trinajstić information content (AvgIpc) is 3.06. The number of likely N-dealkylation sites (tertiary alicyclic amines) is 1. The van der Waals surface area contributed by atoms with Crippen LogP contribution in [0.4, 0.5) is 5.95 Å². The van der Waals surface area contributed by atoms with E-state index < -0.39 is 0 Å². The van der Waals surface area contributed by atoms with Crippen molar-refractivity contribution in [1.29, 1.82) is 0 Å². The molecule has 0 radical (unpaired) electrons. The predicted molar refractivity (Wildman–Crippen MR) is 99.3 cm³/mol. The fraction of sp³-hybridized carbons (Fsp3) is 0.526. The highest BCUT2D eigenvalue weighted by Gasteiger charge is 2.54. The number of aryl methyl sites for hydroxylation is 2. The van der Waals surface area contributed by atoms with Crippen molar-refractivity contribution in [3.05, 3.63) is 41.7 Å². The third-order valence-electron chi connectivity index (χ3n) is 5.36. The van der Waals surface area contributed by atoms with Crippen LogP contribution in [0, 0.1) is 19.8 Å². The lowest BCUT2D eigenvalue weighted by Crippen LogP contribution is -2.66. The Labute approximate surface area is 158 Å². The van der Waals surface area contributed by atoms with Crippen molar-refractivity contribution in [1.82, 2.24) is 24.8 Å². The SMILES string of the molecule is Cc1cnc(NCC[C@@H]2CCOC23CN(C(=O)c2cnc(C)cn2)C3)nc1. The van der Waals surface area contributed by atoms with Gasteiger partial charge >= 0.3 is 0 Å². The van der Waals surface area contributed by atoms with E-state index in [0.717, 1.165) is 37.3 Å². The van der Waals surface area contributed by atoms with Crippen molar-refractivity contribution in [3.63, 3.8) is 0 Å². The lowest BCUT2D eigenvalue weighted by atomic mass is 9.79. The van der Waals surface area contributed by atoms with Gasteiger partial charge in [-0.15, -0.1) is 0 Å². The van der Waals surface area contributed by atoms with Crippen molar-refractivity contribution in [2.45, 2.75) is 32.3 Å². The van der Waals surface area contributed by atoms with Gasteiger partial charge in [0.05, 0.1) is 25.0 Å². The number of carbonyl (C=O) groups excluding carboxylic acids is 1. The molecule has 2 aliphatic rings. The van der Waals surface area contributed by atoms with Gasteiger partial charge in [-0.1, -0.05) is 0 Å². The normalized spacial score (nSPS) is 20.5. The molecule has 0 saturated carbocycles. The van der Waals surface area contributed by atoms with Gasteiger partial charge < -0.3 is 15.0 Å². The molecule has 2 fully saturated rings. The number of anilines is 1. The summed E-state index contributed by atoms with van der Waals surface area (Å²) in [5.74, 6) is 0.995. The zero-order chi connectivity index (χ0) is 18.9. The van der Waals surface area contributed by atoms with Gasteiger partial charge in [-0.2, -0.15) is 0 Å². The fourth-order valence-electron chi connectivity index (χ4n) is 3.79. The number of rotatable bonds is 5. The first kappa shape index (κ1) is 17.8. The first-order valence-corrected chi connectivity index (χ1v) is 9.30. The van der Waals surface area contributed by atoms with E-state index in [1.807, 2.05) is 13.8 Å². The van der Waals surface area contributed by atoms with Crippen LogP contribution in [0.25, 0.3) is 0 Å². The van der Waals surface area contributed by atoms with Crippen LogP contribution < -0.4 is 5.32 Å². The van der Waals surface area contributed by atoms with Gasteiger partial charge in [0.15, 0.2) is 0 Å². The Morgan fingerprint density at radius 3 is 2.67 bits per heavy atom. The van der Waals surface area contributed by atoms with Crippen LogP contribution in [0.2, 0.25) is 0 Å². The van der Waals surface area contributed by atoms with Gasteiger partial charge in [-0.05, 0) is 38.2 Å². The first-order chi connectivity index (χ1) is 13.1. The molecule has 2 aliphatic heterocycles. The van der Waals surface area contributed by atoms with Crippen molar-refractivity contribution in [3.8, 4) is 0 Å². The molecule has 2 aromatic rings. The van der Waals surface area contributed by atoms with Gasteiger partial charge in [-0.3, -0.25) is 9.78 Å². The number of hydrogen-bond donors (Lipinski definition) is 1. The molecular formula is C19H24N6O2. The number of ether oxygens (including phenoxy) is 1. The van der Waals surface area contributed by atoms with E-state index in [1.165, 1.54) is 0 Å². The van der Waals surface area contributed by atoms with E-state index in [4.69, 9.17) is 4.74 Å². The van der Waals surface area contributed by atoms with E-state index in [2.05, 4.69) is 25.3 Å². The molecule has 0 aliphatic carbocycles. The summed E-state index contributed by atoms with van der Waals surface area (Å²) in [6, 6.07) is 0. The molecule has 8 heteroatoms. The zero-order valence-electron chi connectivity index (χ0n) is 15.7. The Kier molecular flexibility index (Phi) is 4.73. The lowest BCUT2D eigenvalue weighted by molar-refractivity contribution is -0.117. The Hall–Kier alpha value is -2.61. The zero-order valence-corrected chi connectivity index (χ0v) is 15.7. The third kappa shape index (κ3) is 3.62. The predicted octanol–water partition coefficient (Wildman–Crippen LogP) is 1.62. The molecule has 27 heavy (non-hydrogen) atoms. The van der Waals surface area contributed by atoms with Crippen LogP contribution in [0.3, 0.4) is 0 Å². The first-order valence-electron chi connectivity index (χ1n) is 9.30. The highest BCUT2D eigenvalue weighted by molar-refractivity contribution is 5.92. The molecule has 0 bridgehead atoms. The number of nitrogens with zero attached hydrogens (tertiary/aromatic N) is 5. The van der Waals surface area contributed by atoms with Crippen LogP contribution >= 0.6 is 0 Å². The quantitative estimate of drug-likeness (QED) is 0.857. The lowest BCUT2D eigenvalue weighted by Gasteiger charge is -2.50. The highest BCUT2D eigenvalue weighted by atomic mass is 16.5. The minimum atomic E-state index is -0.219. The highest BCUT2D eigenvalue weighted by Crippen LogP contribution is 2.42. The van der Waals surface area contributed by atoms with E-state index in [-0.39, 0.29) is 11.5 Å². The fourth-order valence-corrected chi connectivity index (χ4v) is 3.79. The Bertz CT molecular complexity index is 802. The summed E-state index contributed by atoms with van der Waals surface area (Å²) in [6.45, 7) is 6.59. The monoisotopic (exact) mass is 368 g/mol. The summed E-state index contributed by atoms with van der Waals surface area (Å²) in [6.07, 6.45) is 8.75. The molecular weight excluding hydrogens is 344 g/mol. The summed E-state index contributed by atoms with van der Waals surface area (Å²) in [5, 5.41) is 3.27. The molecule has 1 amide bonds. The summed E-state index contributed by atoms with van der Waals surface area (Å²) in [7, 11) is 0. The second-order valence-corrected chi connectivity index (χ2v) is 7.40. The van der Waals surface area contributed by atoms with E-state index in [1.54, 1.807) is 29.7 Å². The molecule has 1 N–H and O–H groups in total. The number of nitrogens with one attached hydrogen (secondary N) is 1. The van der Waals surface area contributed by atoms with Gasteiger partial charge in [0, 0.05) is 31.7 Å². The Morgan fingerprint density at radius 2 is 1.96 bits per heavy atom. The minimum absolute atomic E-state index is 0.0754. The largest absolute Gasteiger partial charge is 0.371 e. The van der Waals surface area contributed by atoms with Gasteiger partial charge in [-0.25, -0.2) is 15.0 Å².